The van der Waals surface area contributed by atoms with E-state index in [2.05, 4.69) is 44.8 Å². The second kappa shape index (κ2) is 6.99. The van der Waals surface area contributed by atoms with Crippen LogP contribution in [0.5, 0.6) is 0 Å². The lowest BCUT2D eigenvalue weighted by Crippen LogP contribution is -2.48. The van der Waals surface area contributed by atoms with Gasteiger partial charge in [-0.25, -0.2) is 0 Å². The molecule has 4 rings (SSSR count). The number of likely N-dealkylation sites (tertiary alicyclic amines) is 2. The van der Waals surface area contributed by atoms with Crippen LogP contribution >= 0.6 is 11.5 Å². The zero-order valence-corrected chi connectivity index (χ0v) is 14.5. The summed E-state index contributed by atoms with van der Waals surface area (Å²) in [5.41, 5.74) is 1.85. The molecule has 0 radical (unpaired) electrons. The number of amides is 1. The molecule has 2 saturated heterocycles. The number of carbonyl (C=O) groups excluding carboxylic acids is 1. The number of carbonyl (C=O) groups is 1. The van der Waals surface area contributed by atoms with Gasteiger partial charge in [-0.3, -0.25) is 9.69 Å². The molecule has 1 aromatic heterocycles. The largest absolute Gasteiger partial charge is 0.333 e. The van der Waals surface area contributed by atoms with Gasteiger partial charge in [-0.15, -0.1) is 5.10 Å². The molecular formula is C18H22N4OS. The van der Waals surface area contributed by atoms with Crippen LogP contribution in [0.4, 0.5) is 0 Å². The van der Waals surface area contributed by atoms with E-state index in [9.17, 15) is 4.79 Å². The van der Waals surface area contributed by atoms with Crippen molar-refractivity contribution in [2.24, 2.45) is 0 Å². The van der Waals surface area contributed by atoms with Gasteiger partial charge in [0, 0.05) is 30.6 Å². The maximum absolute atomic E-state index is 12.8. The molecule has 2 atom stereocenters. The van der Waals surface area contributed by atoms with Crippen LogP contribution in [0.25, 0.3) is 0 Å². The first kappa shape index (κ1) is 15.7. The van der Waals surface area contributed by atoms with E-state index in [0.29, 0.717) is 17.8 Å². The van der Waals surface area contributed by atoms with E-state index >= 15 is 0 Å². The van der Waals surface area contributed by atoms with Crippen molar-refractivity contribution in [1.29, 1.82) is 0 Å². The quantitative estimate of drug-likeness (QED) is 0.857. The molecule has 1 amide bonds. The number of aromatic nitrogens is 2. The Bertz CT molecular complexity index is 676. The van der Waals surface area contributed by atoms with Crippen molar-refractivity contribution in [2.75, 3.05) is 13.1 Å². The van der Waals surface area contributed by atoms with E-state index in [1.807, 2.05) is 4.90 Å². The fraction of sp³-hybridized carbons (Fsp3) is 0.500. The summed E-state index contributed by atoms with van der Waals surface area (Å²) in [4.78, 5) is 17.4. The predicted octanol–water partition coefficient (Wildman–Crippen LogP) is 2.81. The molecule has 2 aliphatic rings. The Morgan fingerprint density at radius 1 is 1.12 bits per heavy atom. The molecule has 2 aliphatic heterocycles. The van der Waals surface area contributed by atoms with Crippen molar-refractivity contribution in [3.05, 3.63) is 47.0 Å². The highest BCUT2D eigenvalue weighted by atomic mass is 32.1. The molecular weight excluding hydrogens is 320 g/mol. The highest BCUT2D eigenvalue weighted by Gasteiger charge is 2.40. The van der Waals surface area contributed by atoms with Crippen molar-refractivity contribution in [2.45, 2.75) is 44.3 Å². The van der Waals surface area contributed by atoms with Crippen LogP contribution in [0.2, 0.25) is 0 Å². The molecule has 0 unspecified atom stereocenters. The zero-order valence-electron chi connectivity index (χ0n) is 13.7. The number of benzene rings is 1. The van der Waals surface area contributed by atoms with Gasteiger partial charge in [0.15, 0.2) is 5.69 Å². The Morgan fingerprint density at radius 3 is 2.71 bits per heavy atom. The monoisotopic (exact) mass is 342 g/mol. The standard InChI is InChI=1S/C18H22N4OS/c23-18(15-13-24-20-19-15)22-11-5-9-17(22)16-8-4-10-21(16)12-14-6-2-1-3-7-14/h1-3,6-7,13,16-17H,4-5,8-12H2/t16-,17+/m1/s1. The first-order valence-electron chi connectivity index (χ1n) is 8.69. The number of hydrogen-bond donors (Lipinski definition) is 0. The summed E-state index contributed by atoms with van der Waals surface area (Å²) in [5, 5.41) is 5.73. The summed E-state index contributed by atoms with van der Waals surface area (Å²) in [6.07, 6.45) is 4.58. The van der Waals surface area contributed by atoms with Gasteiger partial charge in [-0.1, -0.05) is 34.8 Å². The first-order chi connectivity index (χ1) is 11.8. The van der Waals surface area contributed by atoms with Crippen molar-refractivity contribution in [3.63, 3.8) is 0 Å². The minimum atomic E-state index is 0.0535. The third-order valence-electron chi connectivity index (χ3n) is 5.23. The van der Waals surface area contributed by atoms with Gasteiger partial charge >= 0.3 is 0 Å². The van der Waals surface area contributed by atoms with Gasteiger partial charge in [0.05, 0.1) is 0 Å². The predicted molar refractivity (Wildman–Crippen MR) is 93.8 cm³/mol. The Hall–Kier alpha value is -1.79. The summed E-state index contributed by atoms with van der Waals surface area (Å²) in [5.74, 6) is 0.0535. The van der Waals surface area contributed by atoms with Crippen LogP contribution in [0.1, 0.15) is 41.7 Å². The van der Waals surface area contributed by atoms with Gasteiger partial charge in [0.1, 0.15) is 0 Å². The number of nitrogens with zero attached hydrogens (tertiary/aromatic N) is 4. The average molecular weight is 342 g/mol. The number of hydrogen-bond acceptors (Lipinski definition) is 5. The highest BCUT2D eigenvalue weighted by Crippen LogP contribution is 2.31. The summed E-state index contributed by atoms with van der Waals surface area (Å²) in [7, 11) is 0. The van der Waals surface area contributed by atoms with E-state index in [-0.39, 0.29) is 5.91 Å². The Kier molecular flexibility index (Phi) is 4.58. The minimum absolute atomic E-state index is 0.0535. The van der Waals surface area contributed by atoms with Gasteiger partial charge in [-0.05, 0) is 49.3 Å². The second-order valence-corrected chi connectivity index (χ2v) is 7.27. The molecule has 126 valence electrons. The summed E-state index contributed by atoms with van der Waals surface area (Å²) >= 11 is 1.24. The van der Waals surface area contributed by atoms with Crippen LogP contribution in [-0.4, -0.2) is 50.5 Å². The van der Waals surface area contributed by atoms with Crippen molar-refractivity contribution in [3.8, 4) is 0 Å². The zero-order chi connectivity index (χ0) is 16.4. The molecule has 0 bridgehead atoms. The van der Waals surface area contributed by atoms with Crippen LogP contribution in [0.15, 0.2) is 35.7 Å². The lowest BCUT2D eigenvalue weighted by atomic mass is 10.0. The normalized spacial score (nSPS) is 24.6. The van der Waals surface area contributed by atoms with Crippen molar-refractivity contribution < 1.29 is 4.79 Å². The van der Waals surface area contributed by atoms with Crippen molar-refractivity contribution >= 4 is 17.4 Å². The lowest BCUT2D eigenvalue weighted by molar-refractivity contribution is 0.0633. The molecule has 2 aromatic rings. The minimum Gasteiger partial charge on any atom is -0.333 e. The van der Waals surface area contributed by atoms with Crippen LogP contribution < -0.4 is 0 Å². The third kappa shape index (κ3) is 3.08. The van der Waals surface area contributed by atoms with Crippen molar-refractivity contribution in [1.82, 2.24) is 19.4 Å². The lowest BCUT2D eigenvalue weighted by Gasteiger charge is -2.34. The van der Waals surface area contributed by atoms with Gasteiger partial charge < -0.3 is 4.90 Å². The molecule has 0 N–H and O–H groups in total. The molecule has 0 spiro atoms. The average Bonchev–Trinajstić information content (AvgIpc) is 3.36. The first-order valence-corrected chi connectivity index (χ1v) is 9.52. The van der Waals surface area contributed by atoms with Gasteiger partial charge in [-0.2, -0.15) is 0 Å². The molecule has 24 heavy (non-hydrogen) atoms. The van der Waals surface area contributed by atoms with E-state index in [4.69, 9.17) is 0 Å². The molecule has 5 nitrogen and oxygen atoms in total. The summed E-state index contributed by atoms with van der Waals surface area (Å²) < 4.78 is 3.84. The Balaban J connectivity index is 1.49. The highest BCUT2D eigenvalue weighted by molar-refractivity contribution is 7.03. The Morgan fingerprint density at radius 2 is 1.92 bits per heavy atom. The SMILES string of the molecule is O=C(c1csnn1)N1CCC[C@H]1[C@H]1CCCN1Cc1ccccc1. The van der Waals surface area contributed by atoms with E-state index in [0.717, 1.165) is 32.5 Å². The maximum Gasteiger partial charge on any atom is 0.275 e. The molecule has 1 aromatic carbocycles. The maximum atomic E-state index is 12.8. The fourth-order valence-electron chi connectivity index (χ4n) is 4.15. The topological polar surface area (TPSA) is 49.3 Å². The number of rotatable bonds is 4. The van der Waals surface area contributed by atoms with Crippen LogP contribution in [0, 0.1) is 0 Å². The smallest absolute Gasteiger partial charge is 0.275 e. The summed E-state index contributed by atoms with van der Waals surface area (Å²) in [6, 6.07) is 11.4. The fourth-order valence-corrected chi connectivity index (χ4v) is 4.58. The molecule has 2 fully saturated rings. The van der Waals surface area contributed by atoms with Gasteiger partial charge in [0.25, 0.3) is 5.91 Å². The third-order valence-corrected chi connectivity index (χ3v) is 5.73. The van der Waals surface area contributed by atoms with Gasteiger partial charge in [0.2, 0.25) is 0 Å². The Labute approximate surface area is 146 Å². The second-order valence-electron chi connectivity index (χ2n) is 6.66. The molecule has 0 saturated carbocycles. The van der Waals surface area contributed by atoms with Crippen LogP contribution in [0.3, 0.4) is 0 Å². The van der Waals surface area contributed by atoms with E-state index in [1.165, 1.54) is 29.9 Å². The van der Waals surface area contributed by atoms with E-state index in [1.54, 1.807) is 5.38 Å². The summed E-state index contributed by atoms with van der Waals surface area (Å²) in [6.45, 7) is 2.94. The molecule has 6 heteroatoms. The molecule has 0 aliphatic carbocycles. The van der Waals surface area contributed by atoms with Crippen LogP contribution in [-0.2, 0) is 6.54 Å². The molecule has 3 heterocycles. The van der Waals surface area contributed by atoms with E-state index < -0.39 is 0 Å².